The molecular formula is C61H35N5. The minimum atomic E-state index is 0.399. The number of fused-ring (bicyclic) bond motifs is 6. The number of pyridine rings is 1. The molecule has 0 saturated heterocycles. The van der Waals surface area contributed by atoms with Crippen molar-refractivity contribution in [3.05, 3.63) is 229 Å². The first-order valence-electron chi connectivity index (χ1n) is 22.1. The summed E-state index contributed by atoms with van der Waals surface area (Å²) in [6.45, 7) is 9.26. The van der Waals surface area contributed by atoms with E-state index in [4.69, 9.17) is 4.98 Å². The lowest BCUT2D eigenvalue weighted by Gasteiger charge is -2.26. The Balaban J connectivity index is 1.30. The fourth-order valence-electron chi connectivity index (χ4n) is 10.6. The monoisotopic (exact) mass is 837 g/mol. The summed E-state index contributed by atoms with van der Waals surface area (Å²) >= 11 is 0. The van der Waals surface area contributed by atoms with Crippen molar-refractivity contribution in [2.45, 2.75) is 0 Å². The lowest BCUT2D eigenvalue weighted by Crippen LogP contribution is -2.09. The van der Waals surface area contributed by atoms with Crippen LogP contribution in [0.3, 0.4) is 0 Å². The third-order valence-corrected chi connectivity index (χ3v) is 13.4. The molecule has 0 spiro atoms. The van der Waals surface area contributed by atoms with E-state index in [9.17, 15) is 11.8 Å². The molecule has 13 aromatic rings. The van der Waals surface area contributed by atoms with Crippen molar-refractivity contribution in [1.29, 1.82) is 5.26 Å². The fraction of sp³-hybridized carbons (Fsp3) is 0. The number of nitrogens with zero attached hydrogens (tertiary/aromatic N) is 5. The highest BCUT2D eigenvalue weighted by atomic mass is 15.0. The maximum atomic E-state index is 11.9. The highest BCUT2D eigenvalue weighted by Gasteiger charge is 2.32. The summed E-state index contributed by atoms with van der Waals surface area (Å²) in [6, 6.07) is 74.4. The molecule has 0 saturated carbocycles. The smallest absolute Gasteiger partial charge is 0.220 e. The summed E-state index contributed by atoms with van der Waals surface area (Å²) in [5.74, 6) is 0. The van der Waals surface area contributed by atoms with Gasteiger partial charge in [0.15, 0.2) is 0 Å². The van der Waals surface area contributed by atoms with Crippen LogP contribution in [0.2, 0.25) is 0 Å². The van der Waals surface area contributed by atoms with Gasteiger partial charge in [-0.05, 0) is 68.4 Å². The van der Waals surface area contributed by atoms with Gasteiger partial charge < -0.3 is 9.13 Å². The van der Waals surface area contributed by atoms with Crippen LogP contribution in [0.15, 0.2) is 212 Å². The molecule has 0 radical (unpaired) electrons. The van der Waals surface area contributed by atoms with Gasteiger partial charge in [0.25, 0.3) is 0 Å². The van der Waals surface area contributed by atoms with Crippen LogP contribution in [-0.4, -0.2) is 14.1 Å². The van der Waals surface area contributed by atoms with Gasteiger partial charge in [-0.1, -0.05) is 182 Å². The fourth-order valence-corrected chi connectivity index (χ4v) is 10.6. The Bertz CT molecular complexity index is 3970. The summed E-state index contributed by atoms with van der Waals surface area (Å²) in [5.41, 5.74) is 14.3. The molecule has 0 aliphatic rings. The maximum absolute atomic E-state index is 11.9. The van der Waals surface area contributed by atoms with E-state index in [1.54, 1.807) is 0 Å². The number of hydrogen-bond donors (Lipinski definition) is 0. The molecule has 5 heteroatoms. The molecule has 0 atom stereocenters. The first kappa shape index (κ1) is 37.3. The summed E-state index contributed by atoms with van der Waals surface area (Å²) in [6.07, 6.45) is 1.89. The molecule has 0 amide bonds. The Morgan fingerprint density at radius 2 is 0.909 bits per heavy atom. The van der Waals surface area contributed by atoms with Gasteiger partial charge in [0, 0.05) is 44.3 Å². The normalized spacial score (nSPS) is 11.6. The predicted molar refractivity (Wildman–Crippen MR) is 272 cm³/mol. The van der Waals surface area contributed by atoms with Crippen LogP contribution in [0.25, 0.3) is 126 Å². The molecule has 13 rings (SSSR count). The molecule has 10 aromatic carbocycles. The summed E-state index contributed by atoms with van der Waals surface area (Å²) in [4.78, 5) is 9.58. The zero-order valence-electron chi connectivity index (χ0n) is 35.4. The van der Waals surface area contributed by atoms with Crippen molar-refractivity contribution in [3.63, 3.8) is 0 Å². The van der Waals surface area contributed by atoms with E-state index in [1.165, 1.54) is 0 Å². The number of nitriles is 1. The minimum Gasteiger partial charge on any atom is -0.318 e. The number of benzene rings is 10. The highest BCUT2D eigenvalue weighted by Crippen LogP contribution is 2.53. The van der Waals surface area contributed by atoms with Crippen molar-refractivity contribution in [2.75, 3.05) is 0 Å². The quantitative estimate of drug-likeness (QED) is 0.124. The first-order valence-corrected chi connectivity index (χ1v) is 22.1. The standard InChI is InChI=1S/C61H35N5/c1-63-59-54(40-21-10-4-11-22-40)49(37-62)60(66-52-35-42(38-17-6-2-7-18-38)29-31-45(52)46-32-30-43(36-53(46)66)39-19-8-3-9-20-39)55(41-23-12-5-13-24-41)61(59)65-50-28-16-27-47-44-25-14-15-26-48(44)58-57(56(47)50)51(65)33-34-64-58/h2-36H. The second kappa shape index (κ2) is 14.6. The van der Waals surface area contributed by atoms with Crippen LogP contribution >= 0.6 is 0 Å². The Morgan fingerprint density at radius 1 is 0.409 bits per heavy atom. The predicted octanol–water partition coefficient (Wildman–Crippen LogP) is 16.1. The highest BCUT2D eigenvalue weighted by molar-refractivity contribution is 6.33. The molecule has 66 heavy (non-hydrogen) atoms. The second-order valence-corrected chi connectivity index (χ2v) is 16.8. The molecule has 0 aliphatic carbocycles. The van der Waals surface area contributed by atoms with Crippen LogP contribution in [0.5, 0.6) is 0 Å². The third-order valence-electron chi connectivity index (χ3n) is 13.4. The van der Waals surface area contributed by atoms with Crippen molar-refractivity contribution in [1.82, 2.24) is 14.1 Å². The molecule has 0 fully saturated rings. The maximum Gasteiger partial charge on any atom is 0.220 e. The van der Waals surface area contributed by atoms with Crippen LogP contribution in [0.1, 0.15) is 5.56 Å². The number of hydrogen-bond acceptors (Lipinski definition) is 2. The average molecular weight is 838 g/mol. The molecule has 0 aliphatic heterocycles. The number of aromatic nitrogens is 3. The van der Waals surface area contributed by atoms with Gasteiger partial charge >= 0.3 is 0 Å². The second-order valence-electron chi connectivity index (χ2n) is 16.8. The van der Waals surface area contributed by atoms with Crippen LogP contribution in [0, 0.1) is 17.9 Å². The lowest BCUT2D eigenvalue weighted by atomic mass is 9.88. The topological polar surface area (TPSA) is 50.9 Å². The van der Waals surface area contributed by atoms with E-state index in [0.717, 1.165) is 104 Å². The minimum absolute atomic E-state index is 0.399. The van der Waals surface area contributed by atoms with Crippen molar-refractivity contribution < 1.29 is 0 Å². The SMILES string of the molecule is [C-]#[N+]c1c(-c2ccccc2)c(C#N)c(-n2c3cc(-c4ccccc4)ccc3c3ccc(-c4ccccc4)cc32)c(-c2ccccc2)c1-n1c2cccc3c4ccccc4c4nccc1c4c32. The Kier molecular flexibility index (Phi) is 8.27. The van der Waals surface area contributed by atoms with Gasteiger partial charge in [0.05, 0.1) is 51.1 Å². The van der Waals surface area contributed by atoms with Gasteiger partial charge in [-0.3, -0.25) is 4.98 Å². The molecule has 3 heterocycles. The number of rotatable bonds is 6. The van der Waals surface area contributed by atoms with Gasteiger partial charge in [0.1, 0.15) is 6.07 Å². The molecule has 0 N–H and O–H groups in total. The third kappa shape index (κ3) is 5.35. The van der Waals surface area contributed by atoms with Crippen LogP contribution in [0.4, 0.5) is 5.69 Å². The molecule has 5 nitrogen and oxygen atoms in total. The first-order chi connectivity index (χ1) is 32.7. The summed E-state index contributed by atoms with van der Waals surface area (Å²) in [5, 5.41) is 19.5. The van der Waals surface area contributed by atoms with Crippen molar-refractivity contribution in [2.24, 2.45) is 0 Å². The van der Waals surface area contributed by atoms with E-state index >= 15 is 0 Å². The Morgan fingerprint density at radius 3 is 1.48 bits per heavy atom. The summed E-state index contributed by atoms with van der Waals surface area (Å²) < 4.78 is 4.60. The van der Waals surface area contributed by atoms with E-state index in [1.807, 2.05) is 66.9 Å². The molecule has 3 aromatic heterocycles. The zero-order valence-corrected chi connectivity index (χ0v) is 35.4. The molecular weight excluding hydrogens is 803 g/mol. The average Bonchev–Trinajstić information content (AvgIpc) is 3.90. The van der Waals surface area contributed by atoms with Gasteiger partial charge in [0.2, 0.25) is 5.69 Å². The Hall–Kier alpha value is -9.29. The molecule has 0 unspecified atom stereocenters. The van der Waals surface area contributed by atoms with Gasteiger partial charge in [-0.25, -0.2) is 4.85 Å². The Labute approximate surface area is 380 Å². The molecule has 304 valence electrons. The largest absolute Gasteiger partial charge is 0.318 e. The lowest BCUT2D eigenvalue weighted by molar-refractivity contribution is 1.13. The van der Waals surface area contributed by atoms with E-state index < -0.39 is 0 Å². The van der Waals surface area contributed by atoms with Gasteiger partial charge in [-0.2, -0.15) is 5.26 Å². The van der Waals surface area contributed by atoms with Crippen molar-refractivity contribution >= 4 is 71.0 Å². The van der Waals surface area contributed by atoms with E-state index in [2.05, 4.69) is 166 Å². The van der Waals surface area contributed by atoms with E-state index in [0.29, 0.717) is 28.2 Å². The van der Waals surface area contributed by atoms with Crippen molar-refractivity contribution in [3.8, 4) is 62.0 Å². The molecule has 0 bridgehead atoms. The summed E-state index contributed by atoms with van der Waals surface area (Å²) in [7, 11) is 0. The zero-order chi connectivity index (χ0) is 43.9. The van der Waals surface area contributed by atoms with Crippen LogP contribution < -0.4 is 0 Å². The van der Waals surface area contributed by atoms with E-state index in [-0.39, 0.29) is 0 Å². The van der Waals surface area contributed by atoms with Crippen LogP contribution in [-0.2, 0) is 0 Å². The van der Waals surface area contributed by atoms with Gasteiger partial charge in [-0.15, -0.1) is 0 Å².